The van der Waals surface area contributed by atoms with Crippen LogP contribution in [-0.2, 0) is 21.4 Å². The molecule has 0 aliphatic rings. The van der Waals surface area contributed by atoms with E-state index in [-0.39, 0.29) is 23.3 Å². The predicted octanol–water partition coefficient (Wildman–Crippen LogP) is 2.91. The molecule has 156 valence electrons. The van der Waals surface area contributed by atoms with Crippen LogP contribution in [0, 0.1) is 6.92 Å². The van der Waals surface area contributed by atoms with Gasteiger partial charge in [0.15, 0.2) is 0 Å². The molecule has 2 aromatic carbocycles. The zero-order valence-corrected chi connectivity index (χ0v) is 18.0. The molecule has 0 unspecified atom stereocenters. The van der Waals surface area contributed by atoms with Crippen LogP contribution in [0.5, 0.6) is 0 Å². The van der Waals surface area contributed by atoms with E-state index < -0.39 is 10.0 Å². The molecule has 0 saturated heterocycles. The number of hydrogen-bond donors (Lipinski definition) is 2. The summed E-state index contributed by atoms with van der Waals surface area (Å²) in [5.74, 6) is -0.530. The van der Waals surface area contributed by atoms with E-state index in [4.69, 9.17) is 0 Å². The fraction of sp³-hybridized carbons (Fsp3) is 0.333. The molecule has 7 nitrogen and oxygen atoms in total. The highest BCUT2D eigenvalue weighted by molar-refractivity contribution is 7.89. The van der Waals surface area contributed by atoms with E-state index in [1.54, 1.807) is 45.0 Å². The number of benzene rings is 2. The first kappa shape index (κ1) is 22.6. The average Bonchev–Trinajstić information content (AvgIpc) is 2.67. The lowest BCUT2D eigenvalue weighted by atomic mass is 10.1. The van der Waals surface area contributed by atoms with Gasteiger partial charge >= 0.3 is 0 Å². The van der Waals surface area contributed by atoms with Crippen molar-refractivity contribution in [3.05, 3.63) is 59.2 Å². The SMILES string of the molecule is CCN(CC)S(=O)(=O)c1ccc(C)c(C(=O)NCc2cccc(NC(C)=O)c2)c1. The smallest absolute Gasteiger partial charge is 0.251 e. The van der Waals surface area contributed by atoms with E-state index in [9.17, 15) is 18.0 Å². The fourth-order valence-electron chi connectivity index (χ4n) is 2.96. The molecule has 0 heterocycles. The Labute approximate surface area is 172 Å². The number of nitrogens with zero attached hydrogens (tertiary/aromatic N) is 1. The number of amides is 2. The number of nitrogens with one attached hydrogen (secondary N) is 2. The highest BCUT2D eigenvalue weighted by atomic mass is 32.2. The highest BCUT2D eigenvalue weighted by Crippen LogP contribution is 2.20. The van der Waals surface area contributed by atoms with Crippen molar-refractivity contribution in [1.82, 2.24) is 9.62 Å². The Balaban J connectivity index is 2.20. The molecule has 0 aromatic heterocycles. The lowest BCUT2D eigenvalue weighted by molar-refractivity contribution is -0.114. The summed E-state index contributed by atoms with van der Waals surface area (Å²) in [5, 5.41) is 5.51. The molecule has 0 fully saturated rings. The van der Waals surface area contributed by atoms with Crippen molar-refractivity contribution in [2.45, 2.75) is 39.1 Å². The molecule has 0 spiro atoms. The minimum Gasteiger partial charge on any atom is -0.348 e. The molecule has 2 aromatic rings. The number of carbonyl (C=O) groups is 2. The van der Waals surface area contributed by atoms with E-state index in [1.165, 1.54) is 23.4 Å². The van der Waals surface area contributed by atoms with Crippen LogP contribution in [0.2, 0.25) is 0 Å². The van der Waals surface area contributed by atoms with Gasteiger partial charge in [-0.1, -0.05) is 32.0 Å². The van der Waals surface area contributed by atoms with E-state index in [2.05, 4.69) is 10.6 Å². The van der Waals surface area contributed by atoms with Crippen molar-refractivity contribution in [2.75, 3.05) is 18.4 Å². The maximum atomic E-state index is 12.7. The number of hydrogen-bond acceptors (Lipinski definition) is 4. The first-order valence-corrected chi connectivity index (χ1v) is 10.9. The molecular formula is C21H27N3O4S. The molecule has 0 atom stereocenters. The molecule has 29 heavy (non-hydrogen) atoms. The summed E-state index contributed by atoms with van der Waals surface area (Å²) in [6, 6.07) is 11.7. The van der Waals surface area contributed by atoms with Gasteiger partial charge in [-0.2, -0.15) is 4.31 Å². The highest BCUT2D eigenvalue weighted by Gasteiger charge is 2.23. The Morgan fingerprint density at radius 2 is 1.72 bits per heavy atom. The Bertz CT molecular complexity index is 999. The third-order valence-electron chi connectivity index (χ3n) is 4.50. The first-order chi connectivity index (χ1) is 13.7. The zero-order chi connectivity index (χ0) is 21.6. The Morgan fingerprint density at radius 1 is 1.03 bits per heavy atom. The van der Waals surface area contributed by atoms with Gasteiger partial charge in [-0.3, -0.25) is 9.59 Å². The van der Waals surface area contributed by atoms with E-state index >= 15 is 0 Å². The van der Waals surface area contributed by atoms with E-state index in [0.29, 0.717) is 29.9 Å². The van der Waals surface area contributed by atoms with Gasteiger partial charge in [-0.05, 0) is 42.3 Å². The lowest BCUT2D eigenvalue weighted by Gasteiger charge is -2.19. The second-order valence-electron chi connectivity index (χ2n) is 6.63. The number of anilines is 1. The van der Waals surface area contributed by atoms with E-state index in [0.717, 1.165) is 5.56 Å². The number of aryl methyl sites for hydroxylation is 1. The fourth-order valence-corrected chi connectivity index (χ4v) is 4.44. The summed E-state index contributed by atoms with van der Waals surface area (Å²) in [4.78, 5) is 24.0. The summed E-state index contributed by atoms with van der Waals surface area (Å²) in [5.41, 5.74) is 2.46. The summed E-state index contributed by atoms with van der Waals surface area (Å²) in [6.07, 6.45) is 0. The van der Waals surface area contributed by atoms with Gasteiger partial charge < -0.3 is 10.6 Å². The zero-order valence-electron chi connectivity index (χ0n) is 17.2. The number of sulfonamides is 1. The second-order valence-corrected chi connectivity index (χ2v) is 8.57. The van der Waals surface area contributed by atoms with Crippen LogP contribution in [0.15, 0.2) is 47.4 Å². The maximum Gasteiger partial charge on any atom is 0.251 e. The van der Waals surface area contributed by atoms with Crippen LogP contribution in [0.3, 0.4) is 0 Å². The van der Waals surface area contributed by atoms with Gasteiger partial charge in [0, 0.05) is 37.8 Å². The minimum absolute atomic E-state index is 0.101. The second kappa shape index (κ2) is 9.67. The van der Waals surface area contributed by atoms with Crippen LogP contribution < -0.4 is 10.6 Å². The number of rotatable bonds is 8. The van der Waals surface area contributed by atoms with Gasteiger partial charge in [-0.25, -0.2) is 8.42 Å². The van der Waals surface area contributed by atoms with Crippen molar-refractivity contribution in [2.24, 2.45) is 0 Å². The van der Waals surface area contributed by atoms with Crippen molar-refractivity contribution < 1.29 is 18.0 Å². The Kier molecular flexibility index (Phi) is 7.53. The normalized spacial score (nSPS) is 11.3. The van der Waals surface area contributed by atoms with Crippen molar-refractivity contribution >= 4 is 27.5 Å². The van der Waals surface area contributed by atoms with Gasteiger partial charge in [0.25, 0.3) is 5.91 Å². The van der Waals surface area contributed by atoms with Crippen molar-refractivity contribution in [3.8, 4) is 0 Å². The molecule has 2 N–H and O–H groups in total. The van der Waals surface area contributed by atoms with Gasteiger partial charge in [-0.15, -0.1) is 0 Å². The molecule has 2 rings (SSSR count). The molecule has 0 aliphatic heterocycles. The summed E-state index contributed by atoms with van der Waals surface area (Å²) in [6.45, 7) is 7.71. The van der Waals surface area contributed by atoms with Crippen LogP contribution in [0.25, 0.3) is 0 Å². The minimum atomic E-state index is -3.65. The Morgan fingerprint density at radius 3 is 2.34 bits per heavy atom. The van der Waals surface area contributed by atoms with Crippen LogP contribution in [-0.4, -0.2) is 37.6 Å². The van der Waals surface area contributed by atoms with Crippen LogP contribution in [0.1, 0.15) is 42.3 Å². The molecule has 0 radical (unpaired) electrons. The molecule has 0 saturated carbocycles. The Hall–Kier alpha value is -2.71. The van der Waals surface area contributed by atoms with E-state index in [1.807, 2.05) is 6.07 Å². The lowest BCUT2D eigenvalue weighted by Crippen LogP contribution is -2.31. The number of carbonyl (C=O) groups excluding carboxylic acids is 2. The largest absolute Gasteiger partial charge is 0.348 e. The van der Waals surface area contributed by atoms with Crippen LogP contribution in [0.4, 0.5) is 5.69 Å². The molecule has 0 bridgehead atoms. The molecule has 0 aliphatic carbocycles. The van der Waals surface area contributed by atoms with Crippen LogP contribution >= 0.6 is 0 Å². The summed E-state index contributed by atoms with van der Waals surface area (Å²) in [7, 11) is -3.65. The molecule has 2 amide bonds. The molecular weight excluding hydrogens is 390 g/mol. The van der Waals surface area contributed by atoms with Gasteiger partial charge in [0.05, 0.1) is 4.90 Å². The topological polar surface area (TPSA) is 95.6 Å². The van der Waals surface area contributed by atoms with Crippen molar-refractivity contribution in [3.63, 3.8) is 0 Å². The average molecular weight is 418 g/mol. The maximum absolute atomic E-state index is 12.7. The van der Waals surface area contributed by atoms with Gasteiger partial charge in [0.1, 0.15) is 0 Å². The first-order valence-electron chi connectivity index (χ1n) is 9.44. The predicted molar refractivity (Wildman–Crippen MR) is 113 cm³/mol. The monoisotopic (exact) mass is 417 g/mol. The van der Waals surface area contributed by atoms with Crippen molar-refractivity contribution in [1.29, 1.82) is 0 Å². The standard InChI is InChI=1S/C21H27N3O4S/c1-5-24(6-2)29(27,28)19-11-10-15(3)20(13-19)21(26)22-14-17-8-7-9-18(12-17)23-16(4)25/h7-13H,5-6,14H2,1-4H3,(H,22,26)(H,23,25). The van der Waals surface area contributed by atoms with Gasteiger partial charge in [0.2, 0.25) is 15.9 Å². The quantitative estimate of drug-likeness (QED) is 0.690. The third-order valence-corrected chi connectivity index (χ3v) is 6.54. The summed E-state index contributed by atoms with van der Waals surface area (Å²) >= 11 is 0. The summed E-state index contributed by atoms with van der Waals surface area (Å²) < 4.78 is 26.8. The molecule has 8 heteroatoms. The third kappa shape index (κ3) is 5.65.